The Bertz CT molecular complexity index is 557. The molecule has 0 bridgehead atoms. The molecular weight excluding hydrogens is 266 g/mol. The molecule has 0 aliphatic rings. The maximum Gasteiger partial charge on any atom is 0.165 e. The summed E-state index contributed by atoms with van der Waals surface area (Å²) in [6.45, 7) is 0.622. The van der Waals surface area contributed by atoms with Crippen molar-refractivity contribution in [1.82, 2.24) is 5.32 Å². The van der Waals surface area contributed by atoms with Crippen LogP contribution in [0.2, 0.25) is 0 Å². The summed E-state index contributed by atoms with van der Waals surface area (Å²) in [6, 6.07) is 15.5. The second kappa shape index (κ2) is 7.67. The van der Waals surface area contributed by atoms with Crippen LogP contribution in [0.25, 0.3) is 0 Å². The van der Waals surface area contributed by atoms with Crippen molar-refractivity contribution in [3.8, 4) is 11.5 Å². The van der Waals surface area contributed by atoms with Crippen LogP contribution >= 0.6 is 0 Å². The lowest BCUT2D eigenvalue weighted by Gasteiger charge is -2.18. The largest absolute Gasteiger partial charge is 0.493 e. The molecular formula is C17H21NO3. The van der Waals surface area contributed by atoms with Gasteiger partial charge in [0.1, 0.15) is 0 Å². The Balaban J connectivity index is 2.12. The fourth-order valence-corrected chi connectivity index (χ4v) is 2.30. The highest BCUT2D eigenvalue weighted by Crippen LogP contribution is 2.30. The number of hydrogen-bond donors (Lipinski definition) is 2. The van der Waals surface area contributed by atoms with Gasteiger partial charge in [0.2, 0.25) is 0 Å². The predicted molar refractivity (Wildman–Crippen MR) is 82.7 cm³/mol. The molecule has 0 saturated heterocycles. The molecule has 4 heteroatoms. The normalized spacial score (nSPS) is 12.0. The number of aliphatic hydroxyl groups is 1. The molecule has 112 valence electrons. The molecule has 0 aliphatic carbocycles. The summed E-state index contributed by atoms with van der Waals surface area (Å²) in [5, 5.41) is 12.9. The maximum absolute atomic E-state index is 9.57. The first kappa shape index (κ1) is 15.4. The van der Waals surface area contributed by atoms with Crippen molar-refractivity contribution in [2.75, 3.05) is 20.8 Å². The van der Waals surface area contributed by atoms with Crippen LogP contribution in [0.3, 0.4) is 0 Å². The number of aliphatic hydroxyl groups excluding tert-OH is 1. The number of benzene rings is 2. The lowest BCUT2D eigenvalue weighted by atomic mass is 10.1. The van der Waals surface area contributed by atoms with Crippen molar-refractivity contribution >= 4 is 0 Å². The van der Waals surface area contributed by atoms with Crippen LogP contribution in [-0.4, -0.2) is 25.9 Å². The number of nitrogens with one attached hydrogen (secondary N) is 1. The summed E-state index contributed by atoms with van der Waals surface area (Å²) in [5.74, 6) is 1.43. The van der Waals surface area contributed by atoms with Crippen LogP contribution in [0.1, 0.15) is 17.2 Å². The second-order valence-corrected chi connectivity index (χ2v) is 4.68. The van der Waals surface area contributed by atoms with E-state index < -0.39 is 0 Å². The Morgan fingerprint density at radius 2 is 1.76 bits per heavy atom. The van der Waals surface area contributed by atoms with Crippen molar-refractivity contribution in [3.63, 3.8) is 0 Å². The molecule has 2 aromatic rings. The van der Waals surface area contributed by atoms with E-state index in [1.807, 2.05) is 48.5 Å². The minimum Gasteiger partial charge on any atom is -0.493 e. The molecule has 0 spiro atoms. The third-order valence-electron chi connectivity index (χ3n) is 3.41. The number of ether oxygens (including phenoxy) is 2. The summed E-state index contributed by atoms with van der Waals surface area (Å²) in [7, 11) is 3.25. The third kappa shape index (κ3) is 3.74. The Morgan fingerprint density at radius 3 is 2.38 bits per heavy atom. The fourth-order valence-electron chi connectivity index (χ4n) is 2.30. The highest BCUT2D eigenvalue weighted by Gasteiger charge is 2.13. The van der Waals surface area contributed by atoms with Crippen LogP contribution in [-0.2, 0) is 6.54 Å². The lowest BCUT2D eigenvalue weighted by Crippen LogP contribution is -2.24. The average molecular weight is 287 g/mol. The molecule has 0 fully saturated rings. The molecule has 0 saturated carbocycles. The lowest BCUT2D eigenvalue weighted by molar-refractivity contribution is 0.243. The summed E-state index contributed by atoms with van der Waals surface area (Å²) in [4.78, 5) is 0. The minimum atomic E-state index is -0.109. The Labute approximate surface area is 125 Å². The SMILES string of the molecule is COc1cccc(CN[C@@H](CO)c2ccccc2)c1OC. The smallest absolute Gasteiger partial charge is 0.165 e. The first-order chi connectivity index (χ1) is 10.3. The molecule has 4 nitrogen and oxygen atoms in total. The molecule has 2 aromatic carbocycles. The van der Waals surface area contributed by atoms with E-state index in [9.17, 15) is 5.11 Å². The van der Waals surface area contributed by atoms with Gasteiger partial charge in [-0.3, -0.25) is 0 Å². The maximum atomic E-state index is 9.57. The molecule has 0 amide bonds. The quantitative estimate of drug-likeness (QED) is 0.821. The molecule has 2 N–H and O–H groups in total. The molecule has 21 heavy (non-hydrogen) atoms. The minimum absolute atomic E-state index is 0.0380. The van der Waals surface area contributed by atoms with Crippen molar-refractivity contribution < 1.29 is 14.6 Å². The Kier molecular flexibility index (Phi) is 5.60. The summed E-state index contributed by atoms with van der Waals surface area (Å²) in [5.41, 5.74) is 2.05. The number of para-hydroxylation sites is 1. The van der Waals surface area contributed by atoms with Crippen molar-refractivity contribution in [3.05, 3.63) is 59.7 Å². The number of methoxy groups -OCH3 is 2. The topological polar surface area (TPSA) is 50.7 Å². The van der Waals surface area contributed by atoms with Crippen LogP contribution in [0.4, 0.5) is 0 Å². The van der Waals surface area contributed by atoms with Gasteiger partial charge in [-0.15, -0.1) is 0 Å². The molecule has 0 aliphatic heterocycles. The summed E-state index contributed by atoms with van der Waals surface area (Å²) < 4.78 is 10.7. The zero-order valence-corrected chi connectivity index (χ0v) is 12.4. The Morgan fingerprint density at radius 1 is 1.00 bits per heavy atom. The molecule has 0 aromatic heterocycles. The van der Waals surface area contributed by atoms with Crippen molar-refractivity contribution in [2.24, 2.45) is 0 Å². The van der Waals surface area contributed by atoms with Gasteiger partial charge in [-0.1, -0.05) is 42.5 Å². The van der Waals surface area contributed by atoms with Crippen LogP contribution in [0.15, 0.2) is 48.5 Å². The summed E-state index contributed by atoms with van der Waals surface area (Å²) in [6.07, 6.45) is 0. The highest BCUT2D eigenvalue weighted by molar-refractivity contribution is 5.46. The molecule has 0 heterocycles. The van der Waals surface area contributed by atoms with E-state index in [-0.39, 0.29) is 12.6 Å². The van der Waals surface area contributed by atoms with Crippen molar-refractivity contribution in [1.29, 1.82) is 0 Å². The first-order valence-electron chi connectivity index (χ1n) is 6.89. The van der Waals surface area contributed by atoms with E-state index >= 15 is 0 Å². The standard InChI is InChI=1S/C17H21NO3/c1-20-16-10-6-9-14(17(16)21-2)11-18-15(12-19)13-7-4-3-5-8-13/h3-10,15,18-19H,11-12H2,1-2H3/t15-/m0/s1. The van der Waals surface area contributed by atoms with Gasteiger partial charge in [-0.2, -0.15) is 0 Å². The average Bonchev–Trinajstić information content (AvgIpc) is 2.56. The van der Waals surface area contributed by atoms with Crippen LogP contribution in [0, 0.1) is 0 Å². The van der Waals surface area contributed by atoms with Gasteiger partial charge < -0.3 is 19.9 Å². The molecule has 0 unspecified atom stereocenters. The van der Waals surface area contributed by atoms with Gasteiger partial charge in [0.25, 0.3) is 0 Å². The zero-order valence-electron chi connectivity index (χ0n) is 12.4. The van der Waals surface area contributed by atoms with Crippen LogP contribution < -0.4 is 14.8 Å². The van der Waals surface area contributed by atoms with Gasteiger partial charge in [0.05, 0.1) is 26.9 Å². The highest BCUT2D eigenvalue weighted by atomic mass is 16.5. The van der Waals surface area contributed by atoms with Crippen molar-refractivity contribution in [2.45, 2.75) is 12.6 Å². The third-order valence-corrected chi connectivity index (χ3v) is 3.41. The molecule has 2 rings (SSSR count). The van der Waals surface area contributed by atoms with Gasteiger partial charge in [-0.05, 0) is 11.6 Å². The number of hydrogen-bond acceptors (Lipinski definition) is 4. The van der Waals surface area contributed by atoms with Crippen LogP contribution in [0.5, 0.6) is 11.5 Å². The van der Waals surface area contributed by atoms with Gasteiger partial charge in [-0.25, -0.2) is 0 Å². The predicted octanol–water partition coefficient (Wildman–Crippen LogP) is 2.53. The van der Waals surface area contributed by atoms with Gasteiger partial charge in [0, 0.05) is 12.1 Å². The fraction of sp³-hybridized carbons (Fsp3) is 0.294. The zero-order chi connectivity index (χ0) is 15.1. The van der Waals surface area contributed by atoms with Gasteiger partial charge in [0.15, 0.2) is 11.5 Å². The van der Waals surface area contributed by atoms with Gasteiger partial charge >= 0.3 is 0 Å². The number of rotatable bonds is 7. The van der Waals surface area contributed by atoms with E-state index in [1.54, 1.807) is 14.2 Å². The monoisotopic (exact) mass is 287 g/mol. The molecule has 0 radical (unpaired) electrons. The van der Waals surface area contributed by atoms with E-state index in [2.05, 4.69) is 5.32 Å². The van der Waals surface area contributed by atoms with E-state index in [4.69, 9.17) is 9.47 Å². The van der Waals surface area contributed by atoms with E-state index in [1.165, 1.54) is 0 Å². The van der Waals surface area contributed by atoms with E-state index in [0.29, 0.717) is 12.3 Å². The molecule has 1 atom stereocenters. The Hall–Kier alpha value is -2.04. The van der Waals surface area contributed by atoms with E-state index in [0.717, 1.165) is 16.9 Å². The first-order valence-corrected chi connectivity index (χ1v) is 6.89. The summed E-state index contributed by atoms with van der Waals surface area (Å²) >= 11 is 0. The second-order valence-electron chi connectivity index (χ2n) is 4.68.